The maximum atomic E-state index is 12.4. The van der Waals surface area contributed by atoms with Gasteiger partial charge >= 0.3 is 0 Å². The molecule has 0 saturated heterocycles. The first kappa shape index (κ1) is 18.2. The van der Waals surface area contributed by atoms with Crippen molar-refractivity contribution in [1.29, 1.82) is 0 Å². The van der Waals surface area contributed by atoms with E-state index in [1.165, 1.54) is 0 Å². The zero-order valence-corrected chi connectivity index (χ0v) is 15.6. The highest BCUT2D eigenvalue weighted by Gasteiger charge is 2.28. The fourth-order valence-corrected chi connectivity index (χ4v) is 3.35. The van der Waals surface area contributed by atoms with Crippen molar-refractivity contribution in [3.05, 3.63) is 50.5 Å². The van der Waals surface area contributed by atoms with E-state index < -0.39 is 5.56 Å². The van der Waals surface area contributed by atoms with E-state index in [9.17, 15) is 9.90 Å². The molecule has 0 unspecified atom stereocenters. The Balaban J connectivity index is 1.94. The van der Waals surface area contributed by atoms with Crippen LogP contribution in [-0.2, 0) is 6.54 Å². The van der Waals surface area contributed by atoms with Crippen molar-refractivity contribution in [1.82, 2.24) is 15.0 Å². The summed E-state index contributed by atoms with van der Waals surface area (Å²) in [5, 5.41) is 14.9. The van der Waals surface area contributed by atoms with Crippen LogP contribution in [0.15, 0.2) is 34.2 Å². The van der Waals surface area contributed by atoms with Crippen molar-refractivity contribution < 1.29 is 9.84 Å². The van der Waals surface area contributed by atoms with Gasteiger partial charge in [0.25, 0.3) is 5.56 Å². The second kappa shape index (κ2) is 7.74. The summed E-state index contributed by atoms with van der Waals surface area (Å²) in [7, 11) is 1.62. The normalized spacial score (nSPS) is 16.2. The average molecular weight is 374 g/mol. The van der Waals surface area contributed by atoms with Crippen LogP contribution < -0.4 is 15.7 Å². The second-order valence-corrected chi connectivity index (χ2v) is 6.54. The third-order valence-corrected chi connectivity index (χ3v) is 4.79. The summed E-state index contributed by atoms with van der Waals surface area (Å²) < 4.78 is 7.17. The SMILES string of the molecule is CCCCn1c(O)c(C2=NN[C@H](c3ccccc3OC)C2)c(=O)[nH]c1=S. The lowest BCUT2D eigenvalue weighted by molar-refractivity contribution is 0.398. The van der Waals surface area contributed by atoms with E-state index in [1.807, 2.05) is 24.3 Å². The fourth-order valence-electron chi connectivity index (χ4n) is 3.08. The molecule has 3 rings (SSSR count). The first-order valence-electron chi connectivity index (χ1n) is 8.58. The van der Waals surface area contributed by atoms with E-state index in [1.54, 1.807) is 11.7 Å². The molecule has 0 fully saturated rings. The number of hydrazone groups is 1. The monoisotopic (exact) mass is 374 g/mol. The van der Waals surface area contributed by atoms with E-state index in [0.717, 1.165) is 24.2 Å². The van der Waals surface area contributed by atoms with Gasteiger partial charge in [-0.25, -0.2) is 0 Å². The molecular weight excluding hydrogens is 352 g/mol. The topological polar surface area (TPSA) is 91.6 Å². The lowest BCUT2D eigenvalue weighted by atomic mass is 9.99. The van der Waals surface area contributed by atoms with Crippen LogP contribution >= 0.6 is 12.2 Å². The van der Waals surface area contributed by atoms with Crippen LogP contribution in [0.2, 0.25) is 0 Å². The Labute approximate surface area is 156 Å². The van der Waals surface area contributed by atoms with Crippen molar-refractivity contribution in [2.24, 2.45) is 5.10 Å². The van der Waals surface area contributed by atoms with Gasteiger partial charge in [-0.2, -0.15) is 5.10 Å². The summed E-state index contributed by atoms with van der Waals surface area (Å²) in [4.78, 5) is 15.1. The first-order valence-corrected chi connectivity index (χ1v) is 8.99. The van der Waals surface area contributed by atoms with Gasteiger partial charge in [0.05, 0.1) is 18.9 Å². The number of aromatic amines is 1. The molecule has 1 aliphatic heterocycles. The third kappa shape index (κ3) is 3.37. The Hall–Kier alpha value is -2.61. The second-order valence-electron chi connectivity index (χ2n) is 6.15. The molecule has 138 valence electrons. The molecule has 2 aromatic rings. The van der Waals surface area contributed by atoms with E-state index in [4.69, 9.17) is 17.0 Å². The van der Waals surface area contributed by atoms with Crippen molar-refractivity contribution in [3.8, 4) is 11.6 Å². The van der Waals surface area contributed by atoms with Crippen LogP contribution in [0.4, 0.5) is 0 Å². The van der Waals surface area contributed by atoms with E-state index in [0.29, 0.717) is 18.7 Å². The summed E-state index contributed by atoms with van der Waals surface area (Å²) in [6.45, 7) is 2.59. The Morgan fingerprint density at radius 2 is 2.19 bits per heavy atom. The van der Waals surface area contributed by atoms with Crippen LogP contribution in [0.25, 0.3) is 0 Å². The van der Waals surface area contributed by atoms with Crippen molar-refractivity contribution >= 4 is 17.9 Å². The van der Waals surface area contributed by atoms with Crippen LogP contribution in [0.3, 0.4) is 0 Å². The number of H-pyrrole nitrogens is 1. The van der Waals surface area contributed by atoms with Crippen molar-refractivity contribution in [2.75, 3.05) is 7.11 Å². The Bertz CT molecular complexity index is 948. The lowest BCUT2D eigenvalue weighted by Crippen LogP contribution is -2.22. The quantitative estimate of drug-likeness (QED) is 0.676. The maximum absolute atomic E-state index is 12.4. The molecule has 0 bridgehead atoms. The Morgan fingerprint density at radius 3 is 2.92 bits per heavy atom. The molecule has 0 radical (unpaired) electrons. The molecule has 26 heavy (non-hydrogen) atoms. The summed E-state index contributed by atoms with van der Waals surface area (Å²) in [6.07, 6.45) is 2.26. The number of aromatic hydroxyl groups is 1. The first-order chi connectivity index (χ1) is 12.6. The number of nitrogens with zero attached hydrogens (tertiary/aromatic N) is 2. The molecule has 3 N–H and O–H groups in total. The van der Waals surface area contributed by atoms with Gasteiger partial charge in [-0.1, -0.05) is 31.5 Å². The zero-order chi connectivity index (χ0) is 18.7. The van der Waals surface area contributed by atoms with Gasteiger partial charge in [0.1, 0.15) is 11.3 Å². The summed E-state index contributed by atoms with van der Waals surface area (Å²) >= 11 is 5.18. The molecule has 1 atom stereocenters. The number of hydrogen-bond donors (Lipinski definition) is 3. The minimum atomic E-state index is -0.429. The molecule has 0 saturated carbocycles. The van der Waals surface area contributed by atoms with Crippen LogP contribution in [-0.4, -0.2) is 27.5 Å². The predicted molar refractivity (Wildman–Crippen MR) is 102 cm³/mol. The predicted octanol–water partition coefficient (Wildman–Crippen LogP) is 2.86. The zero-order valence-electron chi connectivity index (χ0n) is 14.8. The van der Waals surface area contributed by atoms with Gasteiger partial charge < -0.3 is 15.3 Å². The maximum Gasteiger partial charge on any atom is 0.264 e. The van der Waals surface area contributed by atoms with Gasteiger partial charge in [-0.05, 0) is 24.7 Å². The Kier molecular flexibility index (Phi) is 5.41. The number of benzene rings is 1. The molecule has 0 aliphatic carbocycles. The highest BCUT2D eigenvalue weighted by atomic mass is 32.1. The molecule has 2 heterocycles. The number of nitrogens with one attached hydrogen (secondary N) is 2. The van der Waals surface area contributed by atoms with Crippen molar-refractivity contribution in [3.63, 3.8) is 0 Å². The smallest absolute Gasteiger partial charge is 0.264 e. The molecule has 1 aliphatic rings. The number of unbranched alkanes of at least 4 members (excludes halogenated alkanes) is 1. The minimum absolute atomic E-state index is 0.131. The fraction of sp³-hybridized carbons (Fsp3) is 0.389. The summed E-state index contributed by atoms with van der Waals surface area (Å²) in [5.74, 6) is 0.618. The van der Waals surface area contributed by atoms with E-state index >= 15 is 0 Å². The van der Waals surface area contributed by atoms with E-state index in [2.05, 4.69) is 22.4 Å². The number of methoxy groups -OCH3 is 1. The average Bonchev–Trinajstić information content (AvgIpc) is 3.10. The van der Waals surface area contributed by atoms with Gasteiger partial charge in [0, 0.05) is 18.5 Å². The highest BCUT2D eigenvalue weighted by molar-refractivity contribution is 7.71. The van der Waals surface area contributed by atoms with Crippen LogP contribution in [0.1, 0.15) is 43.4 Å². The highest BCUT2D eigenvalue weighted by Crippen LogP contribution is 2.31. The summed E-state index contributed by atoms with van der Waals surface area (Å²) in [6, 6.07) is 7.52. The third-order valence-electron chi connectivity index (χ3n) is 4.46. The van der Waals surface area contributed by atoms with Gasteiger partial charge in [0.15, 0.2) is 4.77 Å². The molecule has 7 nitrogen and oxygen atoms in total. The van der Waals surface area contributed by atoms with Gasteiger partial charge in [-0.15, -0.1) is 0 Å². The van der Waals surface area contributed by atoms with Gasteiger partial charge in [0.2, 0.25) is 5.88 Å². The lowest BCUT2D eigenvalue weighted by Gasteiger charge is -2.15. The van der Waals surface area contributed by atoms with Gasteiger partial charge in [-0.3, -0.25) is 14.3 Å². The number of rotatable bonds is 6. The molecule has 1 aromatic heterocycles. The largest absolute Gasteiger partial charge is 0.496 e. The molecule has 0 amide bonds. The number of para-hydroxylation sites is 1. The van der Waals surface area contributed by atoms with Crippen LogP contribution in [0, 0.1) is 4.77 Å². The van der Waals surface area contributed by atoms with Crippen LogP contribution in [0.5, 0.6) is 11.6 Å². The van der Waals surface area contributed by atoms with E-state index in [-0.39, 0.29) is 22.3 Å². The number of aromatic nitrogens is 2. The molecule has 1 aromatic carbocycles. The molecule has 8 heteroatoms. The number of hydrogen-bond acceptors (Lipinski definition) is 6. The number of ether oxygens (including phenoxy) is 1. The molecular formula is C18H22N4O3S. The standard InChI is InChI=1S/C18H22N4O3S/c1-3-4-9-22-17(24)15(16(23)19-18(22)26)13-10-12(20-21-13)11-7-5-6-8-14(11)25-2/h5-8,12,20,24H,3-4,9-10H2,1-2H3,(H,19,23,26)/t12-/m0/s1. The molecule has 0 spiro atoms. The minimum Gasteiger partial charge on any atom is -0.496 e. The van der Waals surface area contributed by atoms with Crippen molar-refractivity contribution in [2.45, 2.75) is 38.8 Å². The summed E-state index contributed by atoms with van der Waals surface area (Å²) in [5.41, 5.74) is 4.22. The Morgan fingerprint density at radius 1 is 1.42 bits per heavy atom.